The third-order valence-corrected chi connectivity index (χ3v) is 3.46. The summed E-state index contributed by atoms with van der Waals surface area (Å²) in [5, 5.41) is 7.39. The second-order valence-corrected chi connectivity index (χ2v) is 5.17. The van der Waals surface area contributed by atoms with Gasteiger partial charge in [0.25, 0.3) is 0 Å². The van der Waals surface area contributed by atoms with E-state index < -0.39 is 0 Å². The summed E-state index contributed by atoms with van der Waals surface area (Å²) in [4.78, 5) is 12.0. The van der Waals surface area contributed by atoms with Gasteiger partial charge in [0, 0.05) is 19.7 Å². The molecule has 0 aliphatic rings. The van der Waals surface area contributed by atoms with Crippen LogP contribution in [0.15, 0.2) is 52.4 Å². The minimum absolute atomic E-state index is 0.204. The molecular weight excluding hydrogens is 318 g/mol. The number of hydrogen-bond donors (Lipinski definition) is 2. The number of rotatable bonds is 6. The summed E-state index contributed by atoms with van der Waals surface area (Å²) < 4.78 is 7.40. The van der Waals surface area contributed by atoms with Crippen LogP contribution in [0.25, 0.3) is 16.9 Å². The molecule has 128 valence electrons. The van der Waals surface area contributed by atoms with Gasteiger partial charge in [-0.05, 0) is 36.4 Å². The predicted octanol–water partition coefficient (Wildman–Crippen LogP) is 1.83. The van der Waals surface area contributed by atoms with Crippen molar-refractivity contribution in [1.29, 1.82) is 0 Å². The Hall–Kier alpha value is -3.42. The van der Waals surface area contributed by atoms with Crippen LogP contribution in [0.3, 0.4) is 0 Å². The fourth-order valence-corrected chi connectivity index (χ4v) is 2.28. The molecule has 0 unspecified atom stereocenters. The summed E-state index contributed by atoms with van der Waals surface area (Å²) in [5.41, 5.74) is 8.44. The molecule has 0 atom stereocenters. The predicted molar refractivity (Wildman–Crippen MR) is 99.5 cm³/mol. The van der Waals surface area contributed by atoms with Gasteiger partial charge < -0.3 is 15.8 Å². The molecule has 2 heterocycles. The first-order chi connectivity index (χ1) is 12.2. The third-order valence-electron chi connectivity index (χ3n) is 3.46. The standard InChI is InChI=1S/C17H19N7O/c1-19-11-21-15(18)10-25-13-8-6-12(7-9-13)14-4-3-5-16-22-17(20-2)23-24(14)16/h3-9,11H,10H2,1-2H3,(H,20,23)(H2,18,19,21). The number of ether oxygens (including phenoxy) is 1. The molecule has 3 aromatic rings. The van der Waals surface area contributed by atoms with Crippen molar-refractivity contribution >= 4 is 23.8 Å². The number of fused-ring (bicyclic) bond motifs is 1. The molecule has 0 aliphatic carbocycles. The van der Waals surface area contributed by atoms with Gasteiger partial charge in [-0.3, -0.25) is 4.99 Å². The highest BCUT2D eigenvalue weighted by Gasteiger charge is 2.08. The van der Waals surface area contributed by atoms with E-state index in [1.165, 1.54) is 6.34 Å². The number of amidine groups is 1. The Morgan fingerprint density at radius 3 is 2.80 bits per heavy atom. The number of aliphatic imine (C=N–C) groups is 2. The zero-order valence-electron chi connectivity index (χ0n) is 14.0. The van der Waals surface area contributed by atoms with Crippen LogP contribution in [0.2, 0.25) is 0 Å². The average Bonchev–Trinajstić information content (AvgIpc) is 3.08. The van der Waals surface area contributed by atoms with E-state index in [1.54, 1.807) is 18.6 Å². The largest absolute Gasteiger partial charge is 0.486 e. The third kappa shape index (κ3) is 3.74. The molecule has 0 saturated carbocycles. The quantitative estimate of drug-likeness (QED) is 0.528. The number of aromatic nitrogens is 3. The number of hydrogen-bond acceptors (Lipinski definition) is 5. The van der Waals surface area contributed by atoms with Crippen LogP contribution in [0.4, 0.5) is 5.95 Å². The molecule has 0 spiro atoms. The molecule has 25 heavy (non-hydrogen) atoms. The first kappa shape index (κ1) is 16.4. The Morgan fingerprint density at radius 2 is 2.08 bits per heavy atom. The highest BCUT2D eigenvalue weighted by molar-refractivity contribution is 5.88. The zero-order valence-corrected chi connectivity index (χ0v) is 14.0. The van der Waals surface area contributed by atoms with Crippen LogP contribution in [-0.2, 0) is 0 Å². The number of nitrogens with one attached hydrogen (secondary N) is 1. The van der Waals surface area contributed by atoms with Crippen molar-refractivity contribution in [3.63, 3.8) is 0 Å². The van der Waals surface area contributed by atoms with E-state index >= 15 is 0 Å². The fraction of sp³-hybridized carbons (Fsp3) is 0.176. The second kappa shape index (κ2) is 7.43. The van der Waals surface area contributed by atoms with Crippen molar-refractivity contribution in [2.24, 2.45) is 15.7 Å². The number of benzene rings is 1. The molecule has 8 heteroatoms. The first-order valence-electron chi connectivity index (χ1n) is 7.71. The minimum atomic E-state index is 0.204. The van der Waals surface area contributed by atoms with Crippen LogP contribution in [0, 0.1) is 0 Å². The van der Waals surface area contributed by atoms with Gasteiger partial charge in [0.15, 0.2) is 5.65 Å². The molecule has 1 aromatic carbocycles. The lowest BCUT2D eigenvalue weighted by Crippen LogP contribution is -2.21. The van der Waals surface area contributed by atoms with Gasteiger partial charge in [-0.15, -0.1) is 5.10 Å². The summed E-state index contributed by atoms with van der Waals surface area (Å²) in [6, 6.07) is 13.5. The van der Waals surface area contributed by atoms with Crippen LogP contribution in [-0.4, -0.2) is 47.5 Å². The Bertz CT molecular complexity index is 912. The van der Waals surface area contributed by atoms with Crippen molar-refractivity contribution in [1.82, 2.24) is 14.6 Å². The number of pyridine rings is 1. The van der Waals surface area contributed by atoms with Crippen LogP contribution in [0.5, 0.6) is 5.75 Å². The lowest BCUT2D eigenvalue weighted by atomic mass is 10.1. The maximum absolute atomic E-state index is 5.72. The number of nitrogens with zero attached hydrogens (tertiary/aromatic N) is 5. The normalized spacial score (nSPS) is 12.0. The second-order valence-electron chi connectivity index (χ2n) is 5.17. The minimum Gasteiger partial charge on any atom is -0.486 e. The smallest absolute Gasteiger partial charge is 0.242 e. The first-order valence-corrected chi connectivity index (χ1v) is 7.71. The van der Waals surface area contributed by atoms with E-state index in [0.29, 0.717) is 17.5 Å². The topological polar surface area (TPSA) is 102 Å². The molecule has 0 saturated heterocycles. The Balaban J connectivity index is 1.80. The van der Waals surface area contributed by atoms with Crippen LogP contribution in [0.1, 0.15) is 0 Å². The molecular formula is C17H19N7O. The highest BCUT2D eigenvalue weighted by atomic mass is 16.5. The van der Waals surface area contributed by atoms with Crippen LogP contribution < -0.4 is 15.8 Å². The summed E-state index contributed by atoms with van der Waals surface area (Å²) in [6.45, 7) is 0.204. The maximum Gasteiger partial charge on any atom is 0.242 e. The van der Waals surface area contributed by atoms with Crippen molar-refractivity contribution < 1.29 is 4.74 Å². The lowest BCUT2D eigenvalue weighted by Gasteiger charge is -2.07. The van der Waals surface area contributed by atoms with E-state index in [4.69, 9.17) is 10.5 Å². The van der Waals surface area contributed by atoms with E-state index in [1.807, 2.05) is 42.5 Å². The summed E-state index contributed by atoms with van der Waals surface area (Å²) in [5.74, 6) is 1.65. The van der Waals surface area contributed by atoms with Crippen molar-refractivity contribution in [3.8, 4) is 17.0 Å². The van der Waals surface area contributed by atoms with Crippen molar-refractivity contribution in [3.05, 3.63) is 42.5 Å². The molecule has 2 aromatic heterocycles. The SMILES string of the molecule is CN=CN=C(N)COc1ccc(-c2cccc3nc(NC)nn23)cc1. The van der Waals surface area contributed by atoms with Crippen LogP contribution >= 0.6 is 0 Å². The summed E-state index contributed by atoms with van der Waals surface area (Å²) >= 11 is 0. The van der Waals surface area contributed by atoms with Crippen molar-refractivity contribution in [2.75, 3.05) is 26.0 Å². The molecule has 3 N–H and O–H groups in total. The van der Waals surface area contributed by atoms with Gasteiger partial charge in [-0.25, -0.2) is 9.51 Å². The van der Waals surface area contributed by atoms with E-state index in [-0.39, 0.29) is 6.61 Å². The molecule has 0 fully saturated rings. The Kier molecular flexibility index (Phi) is 4.89. The molecule has 0 bridgehead atoms. The number of anilines is 1. The Labute approximate surface area is 145 Å². The highest BCUT2D eigenvalue weighted by Crippen LogP contribution is 2.23. The van der Waals surface area contributed by atoms with Gasteiger partial charge in [0.2, 0.25) is 5.95 Å². The maximum atomic E-state index is 5.72. The van der Waals surface area contributed by atoms with E-state index in [0.717, 1.165) is 16.9 Å². The lowest BCUT2D eigenvalue weighted by molar-refractivity contribution is 0.375. The fourth-order valence-electron chi connectivity index (χ4n) is 2.28. The van der Waals surface area contributed by atoms with E-state index in [9.17, 15) is 0 Å². The van der Waals surface area contributed by atoms with Gasteiger partial charge in [-0.2, -0.15) is 4.98 Å². The molecule has 3 rings (SSSR count). The summed E-state index contributed by atoms with van der Waals surface area (Å²) in [6.07, 6.45) is 1.39. The van der Waals surface area contributed by atoms with Gasteiger partial charge in [0.1, 0.15) is 24.5 Å². The van der Waals surface area contributed by atoms with Gasteiger partial charge in [-0.1, -0.05) is 6.07 Å². The monoisotopic (exact) mass is 337 g/mol. The number of nitrogens with two attached hydrogens (primary N) is 1. The van der Waals surface area contributed by atoms with E-state index in [2.05, 4.69) is 25.4 Å². The average molecular weight is 337 g/mol. The van der Waals surface area contributed by atoms with Crippen molar-refractivity contribution in [2.45, 2.75) is 0 Å². The Morgan fingerprint density at radius 1 is 1.28 bits per heavy atom. The molecule has 0 aliphatic heterocycles. The van der Waals surface area contributed by atoms with Gasteiger partial charge >= 0.3 is 0 Å². The van der Waals surface area contributed by atoms with Gasteiger partial charge in [0.05, 0.1) is 5.69 Å². The molecule has 8 nitrogen and oxygen atoms in total. The molecule has 0 radical (unpaired) electrons. The molecule has 0 amide bonds. The zero-order chi connectivity index (χ0) is 17.6. The summed E-state index contributed by atoms with van der Waals surface area (Å²) in [7, 11) is 3.42.